The summed E-state index contributed by atoms with van der Waals surface area (Å²) in [6.07, 6.45) is 6.35. The van der Waals surface area contributed by atoms with Gasteiger partial charge in [0, 0.05) is 53.0 Å². The molecule has 158 valence electrons. The first-order chi connectivity index (χ1) is 15.6. The number of carbonyl (C=O) groups excluding carboxylic acids is 2. The number of anilines is 4. The van der Waals surface area contributed by atoms with Gasteiger partial charge in [-0.05, 0) is 66.7 Å². The van der Waals surface area contributed by atoms with Crippen LogP contribution in [-0.2, 0) is 0 Å². The molecule has 2 aromatic heterocycles. The lowest BCUT2D eigenvalue weighted by Crippen LogP contribution is -2.14. The number of carbonyl (C=O) groups is 2. The van der Waals surface area contributed by atoms with Crippen molar-refractivity contribution < 1.29 is 14.0 Å². The normalized spacial score (nSPS) is 10.3. The number of hydrogen-bond donors (Lipinski definition) is 3. The Bertz CT molecular complexity index is 1230. The maximum atomic E-state index is 14.4. The minimum absolute atomic E-state index is 0.277. The molecule has 7 nitrogen and oxygen atoms in total. The summed E-state index contributed by atoms with van der Waals surface area (Å²) in [5, 5.41) is 8.35. The van der Waals surface area contributed by atoms with Gasteiger partial charge in [0.25, 0.3) is 11.8 Å². The Labute approximate surface area is 183 Å². The Kier molecular flexibility index (Phi) is 6.12. The predicted molar refractivity (Wildman–Crippen MR) is 121 cm³/mol. The van der Waals surface area contributed by atoms with Crippen molar-refractivity contribution in [2.24, 2.45) is 0 Å². The number of nitrogens with zero attached hydrogens (tertiary/aromatic N) is 2. The van der Waals surface area contributed by atoms with E-state index in [1.807, 2.05) is 0 Å². The minimum atomic E-state index is -0.511. The van der Waals surface area contributed by atoms with Crippen LogP contribution in [0.5, 0.6) is 0 Å². The minimum Gasteiger partial charge on any atom is -0.353 e. The second kappa shape index (κ2) is 9.48. The number of amides is 2. The van der Waals surface area contributed by atoms with Crippen LogP contribution in [0.2, 0.25) is 0 Å². The van der Waals surface area contributed by atoms with E-state index in [1.54, 1.807) is 67.3 Å². The number of nitrogens with one attached hydrogen (secondary N) is 3. The predicted octanol–water partition coefficient (Wildman–Crippen LogP) is 4.86. The van der Waals surface area contributed by atoms with Gasteiger partial charge in [0.15, 0.2) is 0 Å². The Balaban J connectivity index is 1.39. The topological polar surface area (TPSA) is 96.0 Å². The maximum absolute atomic E-state index is 14.4. The molecule has 2 aromatic carbocycles. The van der Waals surface area contributed by atoms with Gasteiger partial charge in [-0.1, -0.05) is 0 Å². The lowest BCUT2D eigenvalue weighted by molar-refractivity contribution is 0.101. The molecular formula is C24H18FN5O2. The van der Waals surface area contributed by atoms with Gasteiger partial charge in [-0.3, -0.25) is 19.6 Å². The van der Waals surface area contributed by atoms with Crippen molar-refractivity contribution in [3.63, 3.8) is 0 Å². The van der Waals surface area contributed by atoms with E-state index in [1.165, 1.54) is 24.3 Å². The molecule has 2 heterocycles. The summed E-state index contributed by atoms with van der Waals surface area (Å²) >= 11 is 0. The van der Waals surface area contributed by atoms with Crippen LogP contribution < -0.4 is 16.0 Å². The molecule has 0 aliphatic heterocycles. The third-order valence-corrected chi connectivity index (χ3v) is 4.53. The highest BCUT2D eigenvalue weighted by Crippen LogP contribution is 2.23. The lowest BCUT2D eigenvalue weighted by atomic mass is 10.1. The van der Waals surface area contributed by atoms with E-state index in [-0.39, 0.29) is 11.6 Å². The van der Waals surface area contributed by atoms with Crippen LogP contribution >= 0.6 is 0 Å². The van der Waals surface area contributed by atoms with Gasteiger partial charge >= 0.3 is 0 Å². The summed E-state index contributed by atoms with van der Waals surface area (Å²) in [4.78, 5) is 32.6. The Morgan fingerprint density at radius 1 is 0.625 bits per heavy atom. The van der Waals surface area contributed by atoms with E-state index in [4.69, 9.17) is 0 Å². The first-order valence-electron chi connectivity index (χ1n) is 9.68. The summed E-state index contributed by atoms with van der Waals surface area (Å²) in [6, 6.07) is 17.3. The monoisotopic (exact) mass is 427 g/mol. The molecule has 0 atom stereocenters. The highest BCUT2D eigenvalue weighted by molar-refractivity contribution is 6.07. The van der Waals surface area contributed by atoms with E-state index in [0.29, 0.717) is 28.2 Å². The fraction of sp³-hybridized carbons (Fsp3) is 0. The van der Waals surface area contributed by atoms with E-state index >= 15 is 0 Å². The zero-order chi connectivity index (χ0) is 22.3. The smallest absolute Gasteiger partial charge is 0.255 e. The average molecular weight is 427 g/mol. The summed E-state index contributed by atoms with van der Waals surface area (Å²) < 4.78 is 14.4. The Morgan fingerprint density at radius 3 is 1.66 bits per heavy atom. The fourth-order valence-electron chi connectivity index (χ4n) is 2.90. The second-order valence-electron chi connectivity index (χ2n) is 6.78. The SMILES string of the molecule is O=C(Nc1ccncc1)c1ccc(C(=O)Nc2ccc(Nc3ccncc3)c(F)c2)cc1. The number of halogens is 1. The van der Waals surface area contributed by atoms with Gasteiger partial charge in [0.05, 0.1) is 5.69 Å². The maximum Gasteiger partial charge on any atom is 0.255 e. The summed E-state index contributed by atoms with van der Waals surface area (Å²) in [5.74, 6) is -1.23. The highest BCUT2D eigenvalue weighted by atomic mass is 19.1. The van der Waals surface area contributed by atoms with Crippen molar-refractivity contribution in [2.45, 2.75) is 0 Å². The molecule has 32 heavy (non-hydrogen) atoms. The molecule has 0 aliphatic carbocycles. The zero-order valence-corrected chi connectivity index (χ0v) is 16.7. The quantitative estimate of drug-likeness (QED) is 0.408. The first kappa shape index (κ1) is 20.7. The lowest BCUT2D eigenvalue weighted by Gasteiger charge is -2.10. The molecule has 4 rings (SSSR count). The van der Waals surface area contributed by atoms with E-state index in [0.717, 1.165) is 0 Å². The van der Waals surface area contributed by atoms with Crippen LogP contribution in [0.1, 0.15) is 20.7 Å². The van der Waals surface area contributed by atoms with E-state index in [9.17, 15) is 14.0 Å². The van der Waals surface area contributed by atoms with Crippen molar-refractivity contribution in [3.05, 3.63) is 108 Å². The van der Waals surface area contributed by atoms with Crippen LogP contribution in [-0.4, -0.2) is 21.8 Å². The molecule has 2 amide bonds. The van der Waals surface area contributed by atoms with Crippen LogP contribution in [0.3, 0.4) is 0 Å². The number of hydrogen-bond acceptors (Lipinski definition) is 5. The van der Waals surface area contributed by atoms with Crippen molar-refractivity contribution in [2.75, 3.05) is 16.0 Å². The third kappa shape index (κ3) is 5.11. The summed E-state index contributed by atoms with van der Waals surface area (Å²) in [7, 11) is 0. The van der Waals surface area contributed by atoms with E-state index in [2.05, 4.69) is 25.9 Å². The van der Waals surface area contributed by atoms with Gasteiger partial charge in [-0.25, -0.2) is 4.39 Å². The Morgan fingerprint density at radius 2 is 1.12 bits per heavy atom. The molecule has 0 radical (unpaired) electrons. The third-order valence-electron chi connectivity index (χ3n) is 4.53. The molecule has 8 heteroatoms. The number of benzene rings is 2. The van der Waals surface area contributed by atoms with Gasteiger partial charge in [0.1, 0.15) is 5.82 Å². The van der Waals surface area contributed by atoms with Gasteiger partial charge in [-0.2, -0.15) is 0 Å². The van der Waals surface area contributed by atoms with Crippen molar-refractivity contribution in [3.8, 4) is 0 Å². The first-order valence-corrected chi connectivity index (χ1v) is 9.68. The molecule has 0 bridgehead atoms. The summed E-state index contributed by atoms with van der Waals surface area (Å²) in [5.41, 5.74) is 2.64. The molecule has 0 unspecified atom stereocenters. The standard InChI is InChI=1S/C24H18FN5O2/c25-21-15-20(5-6-22(21)28-18-7-11-26-12-8-18)30-24(32)17-3-1-16(2-4-17)23(31)29-19-9-13-27-14-10-19/h1-15H,(H,26,28)(H,30,32)(H,27,29,31). The number of pyridine rings is 2. The fourth-order valence-corrected chi connectivity index (χ4v) is 2.90. The zero-order valence-electron chi connectivity index (χ0n) is 16.7. The van der Waals surface area contributed by atoms with Crippen molar-refractivity contribution in [1.29, 1.82) is 0 Å². The molecule has 0 saturated heterocycles. The molecule has 4 aromatic rings. The molecule has 3 N–H and O–H groups in total. The molecule has 0 spiro atoms. The van der Waals surface area contributed by atoms with E-state index < -0.39 is 11.7 Å². The number of aromatic nitrogens is 2. The number of rotatable bonds is 6. The van der Waals surface area contributed by atoms with Crippen LogP contribution in [0.15, 0.2) is 91.5 Å². The van der Waals surface area contributed by atoms with Crippen LogP contribution in [0, 0.1) is 5.82 Å². The molecule has 0 fully saturated rings. The second-order valence-corrected chi connectivity index (χ2v) is 6.78. The molecule has 0 aliphatic rings. The van der Waals surface area contributed by atoms with Crippen molar-refractivity contribution >= 4 is 34.6 Å². The van der Waals surface area contributed by atoms with Crippen LogP contribution in [0.4, 0.5) is 27.1 Å². The Hall–Kier alpha value is -4.59. The van der Waals surface area contributed by atoms with Gasteiger partial charge < -0.3 is 16.0 Å². The van der Waals surface area contributed by atoms with Crippen molar-refractivity contribution in [1.82, 2.24) is 9.97 Å². The largest absolute Gasteiger partial charge is 0.353 e. The average Bonchev–Trinajstić information content (AvgIpc) is 2.82. The summed E-state index contributed by atoms with van der Waals surface area (Å²) in [6.45, 7) is 0. The highest BCUT2D eigenvalue weighted by Gasteiger charge is 2.11. The van der Waals surface area contributed by atoms with Gasteiger partial charge in [-0.15, -0.1) is 0 Å². The van der Waals surface area contributed by atoms with Gasteiger partial charge in [0.2, 0.25) is 0 Å². The molecule has 0 saturated carbocycles. The van der Waals surface area contributed by atoms with Crippen LogP contribution in [0.25, 0.3) is 0 Å². The molecular weight excluding hydrogens is 409 g/mol.